The van der Waals surface area contributed by atoms with E-state index in [1.165, 1.54) is 6.07 Å². The van der Waals surface area contributed by atoms with Gasteiger partial charge in [0.1, 0.15) is 0 Å². The molecule has 0 amide bonds. The molecule has 0 fully saturated rings. The Hall–Kier alpha value is -0.520. The highest BCUT2D eigenvalue weighted by atomic mass is 127. The summed E-state index contributed by atoms with van der Waals surface area (Å²) in [5.41, 5.74) is 0.0908. The quantitative estimate of drug-likeness (QED) is 0.602. The lowest BCUT2D eigenvalue weighted by molar-refractivity contribution is 0.0678. The molecule has 0 atom stereocenters. The standard InChI is InChI=1S/C8H5F2IO/c9-8(10)7(12)5-3-1-2-4-6(5)11/h1-4,8H. The van der Waals surface area contributed by atoms with Gasteiger partial charge in [0.2, 0.25) is 5.78 Å². The predicted octanol–water partition coefficient (Wildman–Crippen LogP) is 2.74. The van der Waals surface area contributed by atoms with Crippen LogP contribution in [0.2, 0.25) is 0 Å². The van der Waals surface area contributed by atoms with Crippen molar-refractivity contribution in [2.24, 2.45) is 0 Å². The Morgan fingerprint density at radius 2 is 1.92 bits per heavy atom. The first-order valence-corrected chi connectivity index (χ1v) is 4.27. The number of halogens is 3. The van der Waals surface area contributed by atoms with Gasteiger partial charge in [0, 0.05) is 9.13 Å². The first-order valence-electron chi connectivity index (χ1n) is 3.20. The number of carbonyl (C=O) groups is 1. The highest BCUT2D eigenvalue weighted by Crippen LogP contribution is 2.14. The lowest BCUT2D eigenvalue weighted by atomic mass is 10.1. The molecule has 0 aliphatic heterocycles. The fraction of sp³-hybridized carbons (Fsp3) is 0.125. The smallest absolute Gasteiger partial charge is 0.288 e. The topological polar surface area (TPSA) is 17.1 Å². The van der Waals surface area contributed by atoms with Crippen LogP contribution in [-0.2, 0) is 0 Å². The van der Waals surface area contributed by atoms with Gasteiger partial charge in [-0.25, -0.2) is 8.78 Å². The molecule has 0 saturated heterocycles. The summed E-state index contributed by atoms with van der Waals surface area (Å²) in [6.07, 6.45) is -2.92. The van der Waals surface area contributed by atoms with Crippen molar-refractivity contribution < 1.29 is 13.6 Å². The fourth-order valence-electron chi connectivity index (χ4n) is 0.779. The Morgan fingerprint density at radius 3 is 2.42 bits per heavy atom. The summed E-state index contributed by atoms with van der Waals surface area (Å²) < 4.78 is 24.4. The summed E-state index contributed by atoms with van der Waals surface area (Å²) in [5, 5.41) is 0. The number of ketones is 1. The maximum atomic E-state index is 11.9. The highest BCUT2D eigenvalue weighted by molar-refractivity contribution is 14.1. The molecule has 0 N–H and O–H groups in total. The van der Waals surface area contributed by atoms with Crippen molar-refractivity contribution in [1.82, 2.24) is 0 Å². The zero-order valence-electron chi connectivity index (χ0n) is 5.93. The van der Waals surface area contributed by atoms with Crippen molar-refractivity contribution in [2.45, 2.75) is 6.43 Å². The van der Waals surface area contributed by atoms with Crippen LogP contribution < -0.4 is 0 Å². The van der Waals surface area contributed by atoms with Gasteiger partial charge in [-0.15, -0.1) is 0 Å². The van der Waals surface area contributed by atoms with Crippen LogP contribution in [0.1, 0.15) is 10.4 Å². The predicted molar refractivity (Wildman–Crippen MR) is 49.5 cm³/mol. The molecule has 0 aliphatic rings. The third-order valence-electron chi connectivity index (χ3n) is 1.34. The van der Waals surface area contributed by atoms with Gasteiger partial charge in [-0.2, -0.15) is 0 Å². The second-order valence-electron chi connectivity index (χ2n) is 2.14. The molecule has 4 heteroatoms. The van der Waals surface area contributed by atoms with Crippen LogP contribution in [0.4, 0.5) is 8.78 Å². The Bertz CT molecular complexity index is 299. The molecule has 0 radical (unpaired) electrons. The Morgan fingerprint density at radius 1 is 1.33 bits per heavy atom. The number of Topliss-reactive ketones (excluding diaryl/α,β-unsaturated/α-hetero) is 1. The molecular formula is C8H5F2IO. The maximum absolute atomic E-state index is 11.9. The summed E-state index contributed by atoms with van der Waals surface area (Å²) >= 11 is 1.85. The molecule has 1 nitrogen and oxygen atoms in total. The molecule has 0 heterocycles. The largest absolute Gasteiger partial charge is 0.300 e. The van der Waals surface area contributed by atoms with Crippen molar-refractivity contribution in [1.29, 1.82) is 0 Å². The lowest BCUT2D eigenvalue weighted by Gasteiger charge is -2.00. The van der Waals surface area contributed by atoms with E-state index in [0.29, 0.717) is 3.57 Å². The zero-order valence-corrected chi connectivity index (χ0v) is 8.09. The van der Waals surface area contributed by atoms with E-state index in [0.717, 1.165) is 0 Å². The molecule has 0 unspecified atom stereocenters. The number of hydrogen-bond acceptors (Lipinski definition) is 1. The van der Waals surface area contributed by atoms with Crippen LogP contribution >= 0.6 is 22.6 Å². The summed E-state index contributed by atoms with van der Waals surface area (Å²) in [5.74, 6) is -1.11. The Labute approximate surface area is 81.9 Å². The summed E-state index contributed by atoms with van der Waals surface area (Å²) in [4.78, 5) is 10.8. The van der Waals surface area contributed by atoms with Gasteiger partial charge in [-0.1, -0.05) is 18.2 Å². The van der Waals surface area contributed by atoms with Crippen molar-refractivity contribution in [2.75, 3.05) is 0 Å². The van der Waals surface area contributed by atoms with Gasteiger partial charge in [0.15, 0.2) is 0 Å². The van der Waals surface area contributed by atoms with E-state index in [2.05, 4.69) is 0 Å². The maximum Gasteiger partial charge on any atom is 0.300 e. The number of carbonyl (C=O) groups excluding carboxylic acids is 1. The average molecular weight is 282 g/mol. The number of alkyl halides is 2. The molecular weight excluding hydrogens is 277 g/mol. The SMILES string of the molecule is O=C(c1ccccc1I)C(F)F. The molecule has 64 valence electrons. The van der Waals surface area contributed by atoms with Crippen LogP contribution in [0.5, 0.6) is 0 Å². The van der Waals surface area contributed by atoms with E-state index < -0.39 is 12.2 Å². The fourth-order valence-corrected chi connectivity index (χ4v) is 1.43. The van der Waals surface area contributed by atoms with Crippen molar-refractivity contribution in [3.8, 4) is 0 Å². The minimum atomic E-state index is -2.92. The van der Waals surface area contributed by atoms with Gasteiger partial charge in [0.05, 0.1) is 0 Å². The molecule has 1 aromatic carbocycles. The highest BCUT2D eigenvalue weighted by Gasteiger charge is 2.19. The van der Waals surface area contributed by atoms with Crippen molar-refractivity contribution >= 4 is 28.4 Å². The van der Waals surface area contributed by atoms with Gasteiger partial charge in [-0.3, -0.25) is 4.79 Å². The van der Waals surface area contributed by atoms with Crippen LogP contribution in [0.3, 0.4) is 0 Å². The van der Waals surface area contributed by atoms with Gasteiger partial charge in [-0.05, 0) is 28.7 Å². The number of hydrogen-bond donors (Lipinski definition) is 0. The molecule has 0 spiro atoms. The van der Waals surface area contributed by atoms with Crippen molar-refractivity contribution in [3.05, 3.63) is 33.4 Å². The molecule has 1 aromatic rings. The molecule has 1 rings (SSSR count). The minimum absolute atomic E-state index is 0.0908. The Kier molecular flexibility index (Phi) is 3.13. The normalized spacial score (nSPS) is 10.3. The summed E-state index contributed by atoms with van der Waals surface area (Å²) in [6.45, 7) is 0. The third kappa shape index (κ3) is 2.00. The summed E-state index contributed by atoms with van der Waals surface area (Å²) in [6, 6.07) is 6.29. The van der Waals surface area contributed by atoms with E-state index in [-0.39, 0.29) is 5.56 Å². The Balaban J connectivity index is 3.03. The van der Waals surface area contributed by atoms with Crippen LogP contribution in [0.25, 0.3) is 0 Å². The zero-order chi connectivity index (χ0) is 9.14. The van der Waals surface area contributed by atoms with E-state index in [9.17, 15) is 13.6 Å². The average Bonchev–Trinajstić information content (AvgIpc) is 2.04. The molecule has 0 aromatic heterocycles. The minimum Gasteiger partial charge on any atom is -0.288 e. The number of benzene rings is 1. The van der Waals surface area contributed by atoms with Crippen LogP contribution in [0.15, 0.2) is 24.3 Å². The van der Waals surface area contributed by atoms with Gasteiger partial charge >= 0.3 is 6.43 Å². The molecule has 12 heavy (non-hydrogen) atoms. The second-order valence-corrected chi connectivity index (χ2v) is 3.31. The lowest BCUT2D eigenvalue weighted by Crippen LogP contribution is -2.11. The first kappa shape index (κ1) is 9.57. The first-order chi connectivity index (χ1) is 5.63. The monoisotopic (exact) mass is 282 g/mol. The van der Waals surface area contributed by atoms with E-state index in [1.54, 1.807) is 18.2 Å². The molecule has 0 bridgehead atoms. The van der Waals surface area contributed by atoms with E-state index in [1.807, 2.05) is 22.6 Å². The van der Waals surface area contributed by atoms with E-state index in [4.69, 9.17) is 0 Å². The summed E-state index contributed by atoms with van der Waals surface area (Å²) in [7, 11) is 0. The molecule has 0 saturated carbocycles. The second kappa shape index (κ2) is 3.93. The third-order valence-corrected chi connectivity index (χ3v) is 2.28. The van der Waals surface area contributed by atoms with Crippen LogP contribution in [0, 0.1) is 3.57 Å². The van der Waals surface area contributed by atoms with Crippen molar-refractivity contribution in [3.63, 3.8) is 0 Å². The van der Waals surface area contributed by atoms with Gasteiger partial charge in [0.25, 0.3) is 0 Å². The van der Waals surface area contributed by atoms with Crippen LogP contribution in [-0.4, -0.2) is 12.2 Å². The number of rotatable bonds is 2. The van der Waals surface area contributed by atoms with Gasteiger partial charge < -0.3 is 0 Å². The van der Waals surface area contributed by atoms with E-state index >= 15 is 0 Å². The molecule has 0 aliphatic carbocycles.